The number of nitrogens with one attached hydrogen (secondary N) is 1. The van der Waals surface area contributed by atoms with Gasteiger partial charge in [0.2, 0.25) is 5.95 Å². The summed E-state index contributed by atoms with van der Waals surface area (Å²) < 4.78 is 7.10. The summed E-state index contributed by atoms with van der Waals surface area (Å²) in [5.41, 5.74) is 7.44. The largest absolute Gasteiger partial charge is 0.472 e. The van der Waals surface area contributed by atoms with Crippen LogP contribution < -0.4 is 5.32 Å². The Hall–Kier alpha value is -3.90. The van der Waals surface area contributed by atoms with E-state index in [9.17, 15) is 0 Å². The number of pyridine rings is 1. The van der Waals surface area contributed by atoms with Gasteiger partial charge in [0.1, 0.15) is 0 Å². The second kappa shape index (κ2) is 9.76. The minimum absolute atomic E-state index is 0.592. The number of furan rings is 1. The number of fused-ring (bicyclic) bond motifs is 1. The third-order valence-corrected chi connectivity index (χ3v) is 6.74. The molecule has 1 saturated heterocycles. The second-order valence-electron chi connectivity index (χ2n) is 9.18. The van der Waals surface area contributed by atoms with Crippen LogP contribution in [0.15, 0.2) is 89.7 Å². The number of anilines is 2. The maximum atomic E-state index is 5.20. The van der Waals surface area contributed by atoms with Crippen molar-refractivity contribution in [3.05, 3.63) is 90.9 Å². The summed E-state index contributed by atoms with van der Waals surface area (Å²) in [5, 5.41) is 8.11. The van der Waals surface area contributed by atoms with Crippen molar-refractivity contribution in [3.8, 4) is 22.4 Å². The summed E-state index contributed by atoms with van der Waals surface area (Å²) in [6, 6.07) is 25.1. The molecule has 2 aromatic carbocycles. The topological polar surface area (TPSA) is 58.6 Å². The van der Waals surface area contributed by atoms with E-state index in [0.29, 0.717) is 5.95 Å². The van der Waals surface area contributed by atoms with E-state index in [4.69, 9.17) is 14.5 Å². The van der Waals surface area contributed by atoms with E-state index in [-0.39, 0.29) is 0 Å². The molecule has 0 bridgehead atoms. The van der Waals surface area contributed by atoms with Crippen LogP contribution in [0.25, 0.3) is 28.0 Å². The molecule has 3 aromatic heterocycles. The number of hydrogen-bond donors (Lipinski definition) is 1. The van der Waals surface area contributed by atoms with Gasteiger partial charge in [0, 0.05) is 16.8 Å². The Bertz CT molecular complexity index is 1380. The molecular weight excluding hydrogens is 434 g/mol. The lowest BCUT2D eigenvalue weighted by atomic mass is 10.0. The number of nitrogens with zero attached hydrogens (tertiary/aromatic N) is 4. The fourth-order valence-electron chi connectivity index (χ4n) is 4.84. The molecule has 0 spiro atoms. The van der Waals surface area contributed by atoms with Crippen molar-refractivity contribution in [1.29, 1.82) is 0 Å². The third kappa shape index (κ3) is 4.84. The van der Waals surface area contributed by atoms with Crippen LogP contribution in [-0.2, 0) is 6.42 Å². The van der Waals surface area contributed by atoms with Gasteiger partial charge >= 0.3 is 0 Å². The summed E-state index contributed by atoms with van der Waals surface area (Å²) in [6.45, 7) is 3.75. The van der Waals surface area contributed by atoms with Gasteiger partial charge in [0.05, 0.1) is 18.2 Å². The maximum absolute atomic E-state index is 5.20. The first kappa shape index (κ1) is 21.6. The van der Waals surface area contributed by atoms with Crippen molar-refractivity contribution < 1.29 is 4.42 Å². The van der Waals surface area contributed by atoms with Gasteiger partial charge in [-0.2, -0.15) is 4.98 Å². The zero-order valence-electron chi connectivity index (χ0n) is 19.7. The van der Waals surface area contributed by atoms with Gasteiger partial charge < -0.3 is 14.6 Å². The highest BCUT2D eigenvalue weighted by atomic mass is 16.3. The average Bonchev–Trinajstić information content (AvgIpc) is 3.67. The van der Waals surface area contributed by atoms with Gasteiger partial charge in [-0.05, 0) is 86.8 Å². The standard InChI is InChI=1S/C29H29N5O/c1-2-18-33(17-1)19-4-5-22-8-14-26(15-9-22)30-29-31-28-7-3-6-27(34(28)32-29)24-12-10-23(11-13-24)25-16-20-35-21-25/h3,6-16,20-21H,1-2,4-5,17-19H2,(H,30,32). The quantitative estimate of drug-likeness (QED) is 0.287. The molecule has 5 aromatic rings. The molecule has 0 radical (unpaired) electrons. The van der Waals surface area contributed by atoms with E-state index in [1.165, 1.54) is 44.5 Å². The first-order valence-electron chi connectivity index (χ1n) is 12.4. The molecule has 4 heterocycles. The minimum Gasteiger partial charge on any atom is -0.472 e. The highest BCUT2D eigenvalue weighted by Gasteiger charge is 2.11. The molecule has 6 heteroatoms. The molecule has 1 fully saturated rings. The van der Waals surface area contributed by atoms with E-state index in [0.717, 1.165) is 40.1 Å². The van der Waals surface area contributed by atoms with E-state index >= 15 is 0 Å². The fraction of sp³-hybridized carbons (Fsp3) is 0.241. The van der Waals surface area contributed by atoms with E-state index in [1.807, 2.05) is 22.7 Å². The molecule has 35 heavy (non-hydrogen) atoms. The van der Waals surface area contributed by atoms with Gasteiger partial charge in [-0.1, -0.05) is 42.5 Å². The summed E-state index contributed by atoms with van der Waals surface area (Å²) in [6.07, 6.45) is 8.50. The lowest BCUT2D eigenvalue weighted by Crippen LogP contribution is -2.20. The summed E-state index contributed by atoms with van der Waals surface area (Å²) in [7, 11) is 0. The van der Waals surface area contributed by atoms with Crippen molar-refractivity contribution >= 4 is 17.3 Å². The van der Waals surface area contributed by atoms with E-state index in [1.54, 1.807) is 12.5 Å². The number of hydrogen-bond acceptors (Lipinski definition) is 5. The van der Waals surface area contributed by atoms with Gasteiger partial charge in [-0.25, -0.2) is 4.52 Å². The Labute approximate surface area is 205 Å². The predicted octanol–water partition coefficient (Wildman–Crippen LogP) is 6.43. The van der Waals surface area contributed by atoms with Gasteiger partial charge in [-0.3, -0.25) is 0 Å². The number of likely N-dealkylation sites (tertiary alicyclic amines) is 1. The lowest BCUT2D eigenvalue weighted by molar-refractivity contribution is 0.334. The Kier molecular flexibility index (Phi) is 6.03. The summed E-state index contributed by atoms with van der Waals surface area (Å²) in [5.74, 6) is 0.592. The van der Waals surface area contributed by atoms with Crippen LogP contribution in [0.3, 0.4) is 0 Å². The average molecular weight is 464 g/mol. The molecule has 0 atom stereocenters. The Balaban J connectivity index is 1.15. The molecule has 0 unspecified atom stereocenters. The summed E-state index contributed by atoms with van der Waals surface area (Å²) >= 11 is 0. The van der Waals surface area contributed by atoms with Crippen molar-refractivity contribution in [2.45, 2.75) is 25.7 Å². The Morgan fingerprint density at radius 2 is 1.63 bits per heavy atom. The van der Waals surface area contributed by atoms with Crippen LogP contribution in [0.4, 0.5) is 11.6 Å². The molecule has 176 valence electrons. The molecule has 0 amide bonds. The van der Waals surface area contributed by atoms with Crippen LogP contribution in [0.5, 0.6) is 0 Å². The molecule has 6 nitrogen and oxygen atoms in total. The summed E-state index contributed by atoms with van der Waals surface area (Å²) in [4.78, 5) is 7.27. The molecule has 1 aliphatic heterocycles. The highest BCUT2D eigenvalue weighted by Crippen LogP contribution is 2.26. The van der Waals surface area contributed by atoms with Crippen LogP contribution in [0, 0.1) is 0 Å². The van der Waals surface area contributed by atoms with Crippen LogP contribution >= 0.6 is 0 Å². The fourth-order valence-corrected chi connectivity index (χ4v) is 4.84. The maximum Gasteiger partial charge on any atom is 0.247 e. The number of benzene rings is 2. The van der Waals surface area contributed by atoms with Gasteiger partial charge in [0.15, 0.2) is 5.65 Å². The van der Waals surface area contributed by atoms with Crippen LogP contribution in [0.2, 0.25) is 0 Å². The molecule has 1 aliphatic rings. The molecule has 0 saturated carbocycles. The molecular formula is C29H29N5O. The molecule has 0 aliphatic carbocycles. The van der Waals surface area contributed by atoms with Gasteiger partial charge in [0.25, 0.3) is 0 Å². The Morgan fingerprint density at radius 1 is 0.829 bits per heavy atom. The normalized spacial score (nSPS) is 14.1. The monoisotopic (exact) mass is 463 g/mol. The van der Waals surface area contributed by atoms with Crippen LogP contribution in [0.1, 0.15) is 24.8 Å². The smallest absolute Gasteiger partial charge is 0.247 e. The number of aromatic nitrogens is 3. The van der Waals surface area contributed by atoms with E-state index in [2.05, 4.69) is 64.8 Å². The van der Waals surface area contributed by atoms with Crippen molar-refractivity contribution in [2.24, 2.45) is 0 Å². The SMILES string of the molecule is c1cc(-c2ccc(-c3ccoc3)cc2)n2nc(Nc3ccc(CCCN4CCCC4)cc3)nc2c1. The van der Waals surface area contributed by atoms with Gasteiger partial charge in [-0.15, -0.1) is 5.10 Å². The minimum atomic E-state index is 0.592. The third-order valence-electron chi connectivity index (χ3n) is 6.74. The van der Waals surface area contributed by atoms with Crippen LogP contribution in [-0.4, -0.2) is 39.1 Å². The zero-order valence-corrected chi connectivity index (χ0v) is 19.7. The Morgan fingerprint density at radius 3 is 2.40 bits per heavy atom. The first-order valence-corrected chi connectivity index (χ1v) is 12.4. The molecule has 6 rings (SSSR count). The lowest BCUT2D eigenvalue weighted by Gasteiger charge is -2.14. The van der Waals surface area contributed by atoms with Crippen molar-refractivity contribution in [1.82, 2.24) is 19.5 Å². The van der Waals surface area contributed by atoms with Crippen molar-refractivity contribution in [2.75, 3.05) is 25.0 Å². The molecule has 1 N–H and O–H groups in total. The highest BCUT2D eigenvalue weighted by molar-refractivity contribution is 5.70. The number of rotatable bonds is 8. The van der Waals surface area contributed by atoms with Crippen molar-refractivity contribution in [3.63, 3.8) is 0 Å². The van der Waals surface area contributed by atoms with E-state index < -0.39 is 0 Å². The predicted molar refractivity (Wildman–Crippen MR) is 140 cm³/mol. The first-order chi connectivity index (χ1) is 17.3. The number of aryl methyl sites for hydroxylation is 1. The zero-order chi connectivity index (χ0) is 23.5. The second-order valence-corrected chi connectivity index (χ2v) is 9.18.